The SMILES string of the molecule is O=C(OCCC(F)C(F)(F)F)OCCC(F)C(F)(F)F. The van der Waals surface area contributed by atoms with Crippen LogP contribution in [-0.4, -0.2) is 44.1 Å². The summed E-state index contributed by atoms with van der Waals surface area (Å²) in [6, 6.07) is 0. The van der Waals surface area contributed by atoms with Crippen LogP contribution in [0.1, 0.15) is 12.8 Å². The zero-order chi connectivity index (χ0) is 16.0. The largest absolute Gasteiger partial charge is 0.508 e. The Hall–Kier alpha value is -1.29. The molecule has 0 fully saturated rings. The van der Waals surface area contributed by atoms with E-state index in [1.54, 1.807) is 0 Å². The minimum absolute atomic E-state index is 0.974. The Bertz CT molecular complexity index is 273. The number of hydrogen-bond donors (Lipinski definition) is 0. The zero-order valence-corrected chi connectivity index (χ0v) is 9.73. The average Bonchev–Trinajstić information content (AvgIpc) is 2.26. The van der Waals surface area contributed by atoms with Crippen LogP contribution in [0.5, 0.6) is 0 Å². The molecule has 11 heteroatoms. The zero-order valence-electron chi connectivity index (χ0n) is 9.73. The van der Waals surface area contributed by atoms with Gasteiger partial charge in [-0.3, -0.25) is 0 Å². The second kappa shape index (κ2) is 7.48. The van der Waals surface area contributed by atoms with Crippen molar-refractivity contribution in [1.82, 2.24) is 0 Å². The molecule has 0 aromatic rings. The lowest BCUT2D eigenvalue weighted by Gasteiger charge is -2.13. The van der Waals surface area contributed by atoms with Crippen molar-refractivity contribution >= 4 is 6.16 Å². The third-order valence-electron chi connectivity index (χ3n) is 1.89. The van der Waals surface area contributed by atoms with Crippen molar-refractivity contribution in [3.63, 3.8) is 0 Å². The molecule has 0 aromatic heterocycles. The lowest BCUT2D eigenvalue weighted by Crippen LogP contribution is -2.27. The minimum atomic E-state index is -5.10. The summed E-state index contributed by atoms with van der Waals surface area (Å²) in [5.41, 5.74) is 0. The predicted molar refractivity (Wildman–Crippen MR) is 48.4 cm³/mol. The summed E-state index contributed by atoms with van der Waals surface area (Å²) in [5.74, 6) is 0. The molecule has 0 aliphatic heterocycles. The molecule has 0 rings (SSSR count). The first kappa shape index (κ1) is 18.7. The monoisotopic (exact) mass is 318 g/mol. The summed E-state index contributed by atoms with van der Waals surface area (Å²) in [6.07, 6.45) is -20.5. The number of hydrogen-bond acceptors (Lipinski definition) is 3. The molecule has 0 bridgehead atoms. The van der Waals surface area contributed by atoms with Gasteiger partial charge in [-0.05, 0) is 0 Å². The van der Waals surface area contributed by atoms with E-state index >= 15 is 0 Å². The number of alkyl halides is 8. The van der Waals surface area contributed by atoms with Crippen LogP contribution in [0.3, 0.4) is 0 Å². The third-order valence-corrected chi connectivity index (χ3v) is 1.89. The molecule has 2 atom stereocenters. The molecule has 0 radical (unpaired) electrons. The maximum Gasteiger partial charge on any atom is 0.508 e. The van der Waals surface area contributed by atoms with Crippen molar-refractivity contribution in [2.45, 2.75) is 37.5 Å². The quantitative estimate of drug-likeness (QED) is 0.553. The Morgan fingerprint density at radius 3 is 1.35 bits per heavy atom. The van der Waals surface area contributed by atoms with Crippen molar-refractivity contribution in [2.24, 2.45) is 0 Å². The molecule has 0 N–H and O–H groups in total. The van der Waals surface area contributed by atoms with Crippen LogP contribution in [-0.2, 0) is 9.47 Å². The first-order valence-electron chi connectivity index (χ1n) is 5.15. The average molecular weight is 318 g/mol. The van der Waals surface area contributed by atoms with E-state index in [0.717, 1.165) is 0 Å². The molecular formula is C9H10F8O3. The van der Waals surface area contributed by atoms with Gasteiger partial charge < -0.3 is 9.47 Å². The molecular weight excluding hydrogens is 308 g/mol. The summed E-state index contributed by atoms with van der Waals surface area (Å²) in [7, 11) is 0. The van der Waals surface area contributed by atoms with Crippen molar-refractivity contribution in [3.8, 4) is 0 Å². The van der Waals surface area contributed by atoms with Crippen LogP contribution in [0.4, 0.5) is 39.9 Å². The van der Waals surface area contributed by atoms with Gasteiger partial charge in [-0.15, -0.1) is 0 Å². The first-order valence-corrected chi connectivity index (χ1v) is 5.15. The fraction of sp³-hybridized carbons (Fsp3) is 0.889. The lowest BCUT2D eigenvalue weighted by molar-refractivity contribution is -0.185. The molecule has 2 unspecified atom stereocenters. The maximum atomic E-state index is 12.3. The van der Waals surface area contributed by atoms with E-state index in [4.69, 9.17) is 0 Å². The Labute approximate surface area is 107 Å². The number of halogens is 8. The normalized spacial score (nSPS) is 15.6. The standard InChI is InChI=1S/C9H10F8O3/c10-5(8(12,13)14)1-3-19-7(18)20-4-2-6(11)9(15,16)17/h5-6H,1-4H2. The molecule has 120 valence electrons. The van der Waals surface area contributed by atoms with Gasteiger partial charge in [0.1, 0.15) is 0 Å². The van der Waals surface area contributed by atoms with E-state index < -0.39 is 56.9 Å². The summed E-state index contributed by atoms with van der Waals surface area (Å²) in [5, 5.41) is 0. The highest BCUT2D eigenvalue weighted by molar-refractivity contribution is 5.59. The fourth-order valence-corrected chi connectivity index (χ4v) is 0.860. The van der Waals surface area contributed by atoms with E-state index in [1.165, 1.54) is 0 Å². The van der Waals surface area contributed by atoms with Gasteiger partial charge in [0.25, 0.3) is 0 Å². The lowest BCUT2D eigenvalue weighted by atomic mass is 10.3. The van der Waals surface area contributed by atoms with Gasteiger partial charge in [0, 0.05) is 12.8 Å². The summed E-state index contributed by atoms with van der Waals surface area (Å²) >= 11 is 0. The Kier molecular flexibility index (Phi) is 7.00. The van der Waals surface area contributed by atoms with Crippen LogP contribution in [0, 0.1) is 0 Å². The van der Waals surface area contributed by atoms with Crippen LogP contribution in [0.15, 0.2) is 0 Å². The highest BCUT2D eigenvalue weighted by Crippen LogP contribution is 2.26. The Morgan fingerprint density at radius 2 is 1.10 bits per heavy atom. The molecule has 0 aliphatic rings. The molecule has 0 saturated carbocycles. The topological polar surface area (TPSA) is 35.5 Å². The van der Waals surface area contributed by atoms with Crippen molar-refractivity contribution in [2.75, 3.05) is 13.2 Å². The Balaban J connectivity index is 3.76. The van der Waals surface area contributed by atoms with Crippen LogP contribution in [0.25, 0.3) is 0 Å². The van der Waals surface area contributed by atoms with Gasteiger partial charge in [-0.2, -0.15) is 26.3 Å². The van der Waals surface area contributed by atoms with E-state index in [1.807, 2.05) is 0 Å². The molecule has 0 saturated heterocycles. The van der Waals surface area contributed by atoms with E-state index in [-0.39, 0.29) is 0 Å². The second-order valence-electron chi connectivity index (χ2n) is 3.54. The number of ether oxygens (including phenoxy) is 2. The van der Waals surface area contributed by atoms with Crippen molar-refractivity contribution in [3.05, 3.63) is 0 Å². The molecule has 0 amide bonds. The van der Waals surface area contributed by atoms with Gasteiger partial charge in [-0.1, -0.05) is 0 Å². The number of rotatable bonds is 6. The summed E-state index contributed by atoms with van der Waals surface area (Å²) in [6.45, 7) is -1.95. The van der Waals surface area contributed by atoms with Gasteiger partial charge >= 0.3 is 18.5 Å². The molecule has 0 heterocycles. The van der Waals surface area contributed by atoms with Crippen molar-refractivity contribution < 1.29 is 49.4 Å². The highest BCUT2D eigenvalue weighted by atomic mass is 19.4. The molecule has 3 nitrogen and oxygen atoms in total. The smallest absolute Gasteiger partial charge is 0.434 e. The van der Waals surface area contributed by atoms with Crippen molar-refractivity contribution in [1.29, 1.82) is 0 Å². The summed E-state index contributed by atoms with van der Waals surface area (Å²) < 4.78 is 103. The van der Waals surface area contributed by atoms with E-state index in [2.05, 4.69) is 9.47 Å². The summed E-state index contributed by atoms with van der Waals surface area (Å²) in [4.78, 5) is 10.7. The van der Waals surface area contributed by atoms with Gasteiger partial charge in [0.2, 0.25) is 0 Å². The van der Waals surface area contributed by atoms with E-state index in [0.29, 0.717) is 0 Å². The third kappa shape index (κ3) is 8.00. The number of carbonyl (C=O) groups is 1. The van der Waals surface area contributed by atoms with Gasteiger partial charge in [0.05, 0.1) is 13.2 Å². The van der Waals surface area contributed by atoms with Gasteiger partial charge in [0.15, 0.2) is 12.3 Å². The van der Waals surface area contributed by atoms with Crippen LogP contribution >= 0.6 is 0 Å². The van der Waals surface area contributed by atoms with Crippen LogP contribution in [0.2, 0.25) is 0 Å². The van der Waals surface area contributed by atoms with Crippen LogP contribution < -0.4 is 0 Å². The molecule has 0 spiro atoms. The number of carbonyl (C=O) groups excluding carboxylic acids is 1. The Morgan fingerprint density at radius 1 is 0.800 bits per heavy atom. The van der Waals surface area contributed by atoms with Gasteiger partial charge in [-0.25, -0.2) is 13.6 Å². The highest BCUT2D eigenvalue weighted by Gasteiger charge is 2.40. The molecule has 0 aromatic carbocycles. The van der Waals surface area contributed by atoms with E-state index in [9.17, 15) is 39.9 Å². The minimum Gasteiger partial charge on any atom is -0.434 e. The first-order chi connectivity index (χ1) is 8.94. The fourth-order valence-electron chi connectivity index (χ4n) is 0.860. The molecule has 20 heavy (non-hydrogen) atoms. The predicted octanol–water partition coefficient (Wildman–Crippen LogP) is 3.72. The molecule has 0 aliphatic carbocycles. The maximum absolute atomic E-state index is 12.3. The second-order valence-corrected chi connectivity index (χ2v) is 3.54.